The summed E-state index contributed by atoms with van der Waals surface area (Å²) in [5.41, 5.74) is 6.32. The fourth-order valence-electron chi connectivity index (χ4n) is 3.42. The number of hydrogen-bond donors (Lipinski definition) is 3. The number of thioether (sulfide) groups is 2. The fourth-order valence-corrected chi connectivity index (χ4v) is 6.30. The number of nitrogens with two attached hydrogens (primary N) is 1. The molecule has 4 N–H and O–H groups in total. The molecule has 0 aliphatic carbocycles. The van der Waals surface area contributed by atoms with Crippen LogP contribution in [0.15, 0.2) is 27.0 Å². The maximum absolute atomic E-state index is 13.1. The zero-order valence-corrected chi connectivity index (χ0v) is 21.7. The molecule has 14 nitrogen and oxygen atoms in total. The molecule has 2 aromatic rings. The van der Waals surface area contributed by atoms with Gasteiger partial charge in [-0.2, -0.15) is 0 Å². The first-order valence-corrected chi connectivity index (χ1v) is 13.7. The van der Waals surface area contributed by atoms with Gasteiger partial charge in [-0.3, -0.25) is 14.5 Å². The van der Waals surface area contributed by atoms with Crippen molar-refractivity contribution < 1.29 is 24.3 Å². The lowest BCUT2D eigenvalue weighted by molar-refractivity contribution is -0.150. The van der Waals surface area contributed by atoms with Crippen molar-refractivity contribution in [1.82, 2.24) is 35.4 Å². The number of oxime groups is 1. The molecule has 0 saturated carbocycles. The smallest absolute Gasteiger partial charge is 0.352 e. The minimum Gasteiger partial charge on any atom is -0.477 e. The Morgan fingerprint density at radius 2 is 2.25 bits per heavy atom. The number of nitrogens with one attached hydrogen (secondary N) is 1. The van der Waals surface area contributed by atoms with Crippen molar-refractivity contribution in [2.24, 2.45) is 12.2 Å². The average molecular weight is 554 g/mol. The van der Waals surface area contributed by atoms with Crippen molar-refractivity contribution >= 4 is 63.5 Å². The maximum atomic E-state index is 13.1. The summed E-state index contributed by atoms with van der Waals surface area (Å²) in [6, 6.07) is -0.925. The second-order valence-electron chi connectivity index (χ2n) is 7.69. The molecule has 1 fully saturated rings. The summed E-state index contributed by atoms with van der Waals surface area (Å²) in [6.45, 7) is 2.31. The van der Waals surface area contributed by atoms with E-state index in [4.69, 9.17) is 10.6 Å². The predicted octanol–water partition coefficient (Wildman–Crippen LogP) is 0.301. The molecule has 0 spiro atoms. The van der Waals surface area contributed by atoms with Crippen molar-refractivity contribution in [2.45, 2.75) is 36.3 Å². The first-order chi connectivity index (χ1) is 17.3. The van der Waals surface area contributed by atoms with Crippen LogP contribution in [0.25, 0.3) is 0 Å². The van der Waals surface area contributed by atoms with Crippen molar-refractivity contribution in [3.8, 4) is 0 Å². The molecule has 192 valence electrons. The van der Waals surface area contributed by atoms with Gasteiger partial charge in [0.2, 0.25) is 5.16 Å². The number of aromatic nitrogens is 5. The van der Waals surface area contributed by atoms with E-state index in [1.807, 2.05) is 6.92 Å². The molecule has 4 rings (SSSR count). The van der Waals surface area contributed by atoms with E-state index >= 15 is 0 Å². The lowest BCUT2D eigenvalue weighted by atomic mass is 10.0. The van der Waals surface area contributed by atoms with Gasteiger partial charge in [-0.05, 0) is 22.4 Å². The SMILES string of the molecule is CCCCO/N=C(/C(=O)NC1C(=O)N2C(C(=O)O)=C(CSc3nnnn3C)CS[C@H]12)c1csc(N)n1. The van der Waals surface area contributed by atoms with Crippen molar-refractivity contribution in [3.63, 3.8) is 0 Å². The maximum Gasteiger partial charge on any atom is 0.352 e. The zero-order valence-electron chi connectivity index (χ0n) is 19.3. The van der Waals surface area contributed by atoms with Crippen LogP contribution in [0.4, 0.5) is 5.13 Å². The van der Waals surface area contributed by atoms with Crippen LogP contribution < -0.4 is 11.1 Å². The van der Waals surface area contributed by atoms with Crippen LogP contribution in [0.2, 0.25) is 0 Å². The normalized spacial score (nSPS) is 19.7. The number of tetrazole rings is 1. The first kappa shape index (κ1) is 25.9. The number of fused-ring (bicyclic) bond motifs is 1. The Hall–Kier alpha value is -3.18. The van der Waals surface area contributed by atoms with E-state index in [1.165, 1.54) is 33.1 Å². The van der Waals surface area contributed by atoms with Gasteiger partial charge in [0.05, 0.1) is 0 Å². The van der Waals surface area contributed by atoms with E-state index in [1.54, 1.807) is 12.4 Å². The summed E-state index contributed by atoms with van der Waals surface area (Å²) in [6.07, 6.45) is 1.64. The number of amides is 2. The molecule has 4 heterocycles. The molecular formula is C19H23N9O5S3. The summed E-state index contributed by atoms with van der Waals surface area (Å²) in [5.74, 6) is -1.73. The van der Waals surface area contributed by atoms with Gasteiger partial charge in [0, 0.05) is 23.9 Å². The summed E-state index contributed by atoms with van der Waals surface area (Å²) >= 11 is 3.78. The third-order valence-electron chi connectivity index (χ3n) is 5.22. The number of β-lactam (4-membered cyclic amide) rings is 1. The summed E-state index contributed by atoms with van der Waals surface area (Å²) in [4.78, 5) is 48.7. The number of thiazole rings is 1. The molecular weight excluding hydrogens is 530 g/mol. The van der Waals surface area contributed by atoms with Crippen LogP contribution in [0.1, 0.15) is 25.5 Å². The number of unbranched alkanes of at least 4 members (excludes halogenated alkanes) is 1. The highest BCUT2D eigenvalue weighted by atomic mass is 32.2. The van der Waals surface area contributed by atoms with Crippen molar-refractivity contribution in [3.05, 3.63) is 22.3 Å². The molecule has 0 radical (unpaired) electrons. The van der Waals surface area contributed by atoms with Crippen molar-refractivity contribution in [2.75, 3.05) is 23.8 Å². The standard InChI is InChI=1S/C19H23N9O5S3/c1-3-4-5-33-24-11(10-8-35-18(20)21-10)14(29)22-12-15(30)28-13(17(31)32)9(6-34-16(12)28)7-36-19-23-25-26-27(19)2/h8,12,16H,3-7H2,1-2H3,(H2,20,21)(H,22,29)(H,31,32)/b24-11+/t12?,16-/m1/s1. The molecule has 2 atom stereocenters. The number of carboxylic acid groups (broad SMARTS) is 1. The Morgan fingerprint density at radius 1 is 1.44 bits per heavy atom. The fraction of sp³-hybridized carbons (Fsp3) is 0.474. The van der Waals surface area contributed by atoms with E-state index in [-0.39, 0.29) is 22.2 Å². The first-order valence-electron chi connectivity index (χ1n) is 10.8. The Balaban J connectivity index is 1.48. The minimum atomic E-state index is -1.21. The second-order valence-corrected chi connectivity index (χ2v) is 10.6. The number of nitrogen functional groups attached to an aromatic ring is 1. The molecule has 0 aromatic carbocycles. The third-order valence-corrected chi connectivity index (χ3v) is 8.33. The quantitative estimate of drug-likeness (QED) is 0.114. The monoisotopic (exact) mass is 553 g/mol. The average Bonchev–Trinajstić information content (AvgIpc) is 3.47. The minimum absolute atomic E-state index is 0.0825. The number of hydrogen-bond acceptors (Lipinski definition) is 13. The molecule has 1 saturated heterocycles. The Labute approximate surface area is 217 Å². The topological polar surface area (TPSA) is 191 Å². The number of rotatable bonds is 11. The van der Waals surface area contributed by atoms with Gasteiger partial charge >= 0.3 is 5.97 Å². The number of carboxylic acids is 1. The van der Waals surface area contributed by atoms with Gasteiger partial charge in [0.1, 0.15) is 29.4 Å². The van der Waals surface area contributed by atoms with E-state index in [9.17, 15) is 19.5 Å². The Kier molecular flexibility index (Phi) is 8.10. The molecule has 36 heavy (non-hydrogen) atoms. The number of carbonyl (C=O) groups is 3. The molecule has 2 amide bonds. The van der Waals surface area contributed by atoms with Gasteiger partial charge in [-0.15, -0.1) is 28.2 Å². The molecule has 2 aliphatic heterocycles. The van der Waals surface area contributed by atoms with Gasteiger partial charge in [-0.1, -0.05) is 30.3 Å². The highest BCUT2D eigenvalue weighted by molar-refractivity contribution is 8.01. The number of anilines is 1. The summed E-state index contributed by atoms with van der Waals surface area (Å²) < 4.78 is 1.48. The van der Waals surface area contributed by atoms with E-state index in [0.717, 1.165) is 24.2 Å². The number of nitrogens with zero attached hydrogens (tertiary/aromatic N) is 7. The Morgan fingerprint density at radius 3 is 2.89 bits per heavy atom. The van der Waals surface area contributed by atoms with Crippen LogP contribution in [-0.4, -0.2) is 88.2 Å². The van der Waals surface area contributed by atoms with E-state index < -0.39 is 29.2 Å². The van der Waals surface area contributed by atoms with Crippen LogP contribution in [0, 0.1) is 0 Å². The van der Waals surface area contributed by atoms with E-state index in [0.29, 0.717) is 28.8 Å². The largest absolute Gasteiger partial charge is 0.477 e. The van der Waals surface area contributed by atoms with Gasteiger partial charge < -0.3 is 21.0 Å². The second kappa shape index (κ2) is 11.3. The van der Waals surface area contributed by atoms with E-state index in [2.05, 4.69) is 31.0 Å². The number of carbonyl (C=O) groups excluding carboxylic acids is 2. The van der Waals surface area contributed by atoms with Crippen molar-refractivity contribution in [1.29, 1.82) is 0 Å². The van der Waals surface area contributed by atoms with Crippen LogP contribution in [0.3, 0.4) is 0 Å². The number of aryl methyl sites for hydroxylation is 1. The van der Waals surface area contributed by atoms with Crippen LogP contribution in [0.5, 0.6) is 0 Å². The third kappa shape index (κ3) is 5.31. The van der Waals surface area contributed by atoms with Crippen LogP contribution in [-0.2, 0) is 26.3 Å². The van der Waals surface area contributed by atoms with Gasteiger partial charge in [0.15, 0.2) is 10.8 Å². The summed E-state index contributed by atoms with van der Waals surface area (Å²) in [7, 11) is 1.68. The van der Waals surface area contributed by atoms with Gasteiger partial charge in [0.25, 0.3) is 11.8 Å². The highest BCUT2D eigenvalue weighted by Crippen LogP contribution is 2.41. The molecule has 0 bridgehead atoms. The lowest BCUT2D eigenvalue weighted by Gasteiger charge is -2.49. The zero-order chi connectivity index (χ0) is 25.8. The summed E-state index contributed by atoms with van der Waals surface area (Å²) in [5, 5.41) is 29.4. The predicted molar refractivity (Wildman–Crippen MR) is 133 cm³/mol. The molecule has 1 unspecified atom stereocenters. The molecule has 17 heteroatoms. The van der Waals surface area contributed by atoms with Crippen LogP contribution >= 0.6 is 34.9 Å². The Bertz CT molecular complexity index is 1230. The lowest BCUT2D eigenvalue weighted by Crippen LogP contribution is -2.71. The number of aliphatic carboxylic acids is 1. The molecule has 2 aliphatic rings. The van der Waals surface area contributed by atoms with Gasteiger partial charge in [-0.25, -0.2) is 14.5 Å². The molecule has 2 aromatic heterocycles. The highest BCUT2D eigenvalue weighted by Gasteiger charge is 2.54.